The molecule has 92 valence electrons. The molecule has 0 aliphatic heterocycles. The average Bonchev–Trinajstić information content (AvgIpc) is 2.84. The molecule has 4 nitrogen and oxygen atoms in total. The Labute approximate surface area is 96.9 Å². The van der Waals surface area contributed by atoms with Crippen molar-refractivity contribution in [3.8, 4) is 0 Å². The Morgan fingerprint density at radius 3 is 2.25 bits per heavy atom. The van der Waals surface area contributed by atoms with E-state index in [-0.39, 0.29) is 17.9 Å². The van der Waals surface area contributed by atoms with Crippen molar-refractivity contribution in [1.82, 2.24) is 4.90 Å². The molecule has 0 aromatic carbocycles. The SMILES string of the molecule is CC(=O)CCN(C(=O)OC(C)(C)C)C1CC1. The van der Waals surface area contributed by atoms with Crippen LogP contribution in [0.25, 0.3) is 0 Å². The van der Waals surface area contributed by atoms with Crippen LogP contribution in [-0.4, -0.2) is 35.0 Å². The highest BCUT2D eigenvalue weighted by molar-refractivity contribution is 5.76. The molecule has 1 amide bonds. The lowest BCUT2D eigenvalue weighted by Gasteiger charge is -2.27. The van der Waals surface area contributed by atoms with E-state index in [9.17, 15) is 9.59 Å². The summed E-state index contributed by atoms with van der Waals surface area (Å²) in [6.07, 6.45) is 2.17. The Bertz CT molecular complexity index is 276. The lowest BCUT2D eigenvalue weighted by atomic mass is 10.2. The van der Waals surface area contributed by atoms with Crippen LogP contribution in [0.2, 0.25) is 0 Å². The van der Waals surface area contributed by atoms with E-state index in [1.807, 2.05) is 20.8 Å². The second-order valence-corrected chi connectivity index (χ2v) is 5.36. The van der Waals surface area contributed by atoms with E-state index in [1.54, 1.807) is 11.8 Å². The number of carbonyl (C=O) groups excluding carboxylic acids is 2. The Kier molecular flexibility index (Phi) is 3.94. The number of Topliss-reactive ketones (excluding diaryl/α,β-unsaturated/α-hetero) is 1. The van der Waals surface area contributed by atoms with E-state index in [2.05, 4.69) is 0 Å². The molecule has 0 aromatic heterocycles. The van der Waals surface area contributed by atoms with Crippen molar-refractivity contribution in [2.24, 2.45) is 0 Å². The molecule has 4 heteroatoms. The molecule has 0 bridgehead atoms. The molecular weight excluding hydrogens is 206 g/mol. The highest BCUT2D eigenvalue weighted by atomic mass is 16.6. The van der Waals surface area contributed by atoms with Crippen LogP contribution < -0.4 is 0 Å². The minimum Gasteiger partial charge on any atom is -0.444 e. The van der Waals surface area contributed by atoms with Crippen LogP contribution in [0.4, 0.5) is 4.79 Å². The molecule has 1 fully saturated rings. The molecule has 1 aliphatic rings. The van der Waals surface area contributed by atoms with Crippen molar-refractivity contribution >= 4 is 11.9 Å². The maximum absolute atomic E-state index is 11.8. The maximum Gasteiger partial charge on any atom is 0.410 e. The Morgan fingerprint density at radius 1 is 1.31 bits per heavy atom. The Morgan fingerprint density at radius 2 is 1.88 bits per heavy atom. The van der Waals surface area contributed by atoms with Gasteiger partial charge in [-0.3, -0.25) is 4.79 Å². The van der Waals surface area contributed by atoms with E-state index in [0.717, 1.165) is 12.8 Å². The molecule has 1 rings (SSSR count). The summed E-state index contributed by atoms with van der Waals surface area (Å²) in [4.78, 5) is 24.5. The summed E-state index contributed by atoms with van der Waals surface area (Å²) >= 11 is 0. The molecule has 1 aliphatic carbocycles. The van der Waals surface area contributed by atoms with Gasteiger partial charge in [0.1, 0.15) is 11.4 Å². The van der Waals surface area contributed by atoms with Crippen LogP contribution in [0.3, 0.4) is 0 Å². The summed E-state index contributed by atoms with van der Waals surface area (Å²) in [6.45, 7) is 7.57. The second kappa shape index (κ2) is 4.85. The summed E-state index contributed by atoms with van der Waals surface area (Å²) in [5.41, 5.74) is -0.472. The van der Waals surface area contributed by atoms with Gasteiger partial charge in [-0.1, -0.05) is 0 Å². The molecule has 1 saturated carbocycles. The van der Waals surface area contributed by atoms with E-state index >= 15 is 0 Å². The average molecular weight is 227 g/mol. The van der Waals surface area contributed by atoms with Crippen LogP contribution in [0, 0.1) is 0 Å². The molecule has 16 heavy (non-hydrogen) atoms. The number of ether oxygens (including phenoxy) is 1. The minimum absolute atomic E-state index is 0.106. The van der Waals surface area contributed by atoms with Crippen molar-refractivity contribution in [3.63, 3.8) is 0 Å². The van der Waals surface area contributed by atoms with Crippen LogP contribution in [-0.2, 0) is 9.53 Å². The zero-order valence-corrected chi connectivity index (χ0v) is 10.6. The van der Waals surface area contributed by atoms with E-state index in [0.29, 0.717) is 13.0 Å². The van der Waals surface area contributed by atoms with Crippen LogP contribution in [0.5, 0.6) is 0 Å². The summed E-state index contributed by atoms with van der Waals surface area (Å²) < 4.78 is 5.31. The first kappa shape index (κ1) is 13.0. The van der Waals surface area contributed by atoms with Crippen molar-refractivity contribution in [2.75, 3.05) is 6.54 Å². The highest BCUT2D eigenvalue weighted by Crippen LogP contribution is 2.28. The predicted octanol–water partition coefficient (Wildman–Crippen LogP) is 2.37. The summed E-state index contributed by atoms with van der Waals surface area (Å²) in [6, 6.07) is 0.286. The van der Waals surface area contributed by atoms with Gasteiger partial charge in [-0.05, 0) is 40.5 Å². The third-order valence-electron chi connectivity index (χ3n) is 2.32. The van der Waals surface area contributed by atoms with Gasteiger partial charge in [0.15, 0.2) is 0 Å². The fourth-order valence-electron chi connectivity index (χ4n) is 1.41. The first-order valence-electron chi connectivity index (χ1n) is 5.78. The quantitative estimate of drug-likeness (QED) is 0.740. The third-order valence-corrected chi connectivity index (χ3v) is 2.32. The summed E-state index contributed by atoms with van der Waals surface area (Å²) in [5.74, 6) is 0.106. The van der Waals surface area contributed by atoms with E-state index < -0.39 is 5.60 Å². The van der Waals surface area contributed by atoms with E-state index in [4.69, 9.17) is 4.74 Å². The normalized spacial score (nSPS) is 15.8. The van der Waals surface area contributed by atoms with Crippen LogP contribution in [0.15, 0.2) is 0 Å². The number of rotatable bonds is 4. The lowest BCUT2D eigenvalue weighted by molar-refractivity contribution is -0.117. The van der Waals surface area contributed by atoms with Gasteiger partial charge in [-0.2, -0.15) is 0 Å². The third kappa shape index (κ3) is 4.64. The fraction of sp³-hybridized carbons (Fsp3) is 0.833. The standard InChI is InChI=1S/C12H21NO3/c1-9(14)7-8-13(10-5-6-10)11(15)16-12(2,3)4/h10H,5-8H2,1-4H3. The summed E-state index contributed by atoms with van der Waals surface area (Å²) in [7, 11) is 0. The Hall–Kier alpha value is -1.06. The van der Waals surface area contributed by atoms with Crippen LogP contribution in [0.1, 0.15) is 47.0 Å². The molecule has 0 N–H and O–H groups in total. The largest absolute Gasteiger partial charge is 0.444 e. The lowest BCUT2D eigenvalue weighted by Crippen LogP contribution is -2.39. The first-order chi connectivity index (χ1) is 7.29. The molecular formula is C12H21NO3. The number of hydrogen-bond acceptors (Lipinski definition) is 3. The molecule has 0 spiro atoms. The van der Waals surface area contributed by atoms with Crippen LogP contribution >= 0.6 is 0 Å². The van der Waals surface area contributed by atoms with Gasteiger partial charge < -0.3 is 9.64 Å². The number of nitrogens with zero attached hydrogens (tertiary/aromatic N) is 1. The van der Waals surface area contributed by atoms with Crippen molar-refractivity contribution in [2.45, 2.75) is 58.6 Å². The highest BCUT2D eigenvalue weighted by Gasteiger charge is 2.34. The molecule has 0 radical (unpaired) electrons. The van der Waals surface area contributed by atoms with Crippen molar-refractivity contribution in [1.29, 1.82) is 0 Å². The predicted molar refractivity (Wildman–Crippen MR) is 61.3 cm³/mol. The van der Waals surface area contributed by atoms with Crippen molar-refractivity contribution < 1.29 is 14.3 Å². The maximum atomic E-state index is 11.8. The van der Waals surface area contributed by atoms with E-state index in [1.165, 1.54) is 0 Å². The monoisotopic (exact) mass is 227 g/mol. The number of hydrogen-bond donors (Lipinski definition) is 0. The summed E-state index contributed by atoms with van der Waals surface area (Å²) in [5, 5.41) is 0. The molecule has 0 unspecified atom stereocenters. The van der Waals surface area contributed by atoms with Gasteiger partial charge in [0.05, 0.1) is 0 Å². The van der Waals surface area contributed by atoms with Gasteiger partial charge in [0.2, 0.25) is 0 Å². The smallest absolute Gasteiger partial charge is 0.410 e. The van der Waals surface area contributed by atoms with Gasteiger partial charge in [0.25, 0.3) is 0 Å². The molecule has 0 saturated heterocycles. The minimum atomic E-state index is -0.472. The number of carbonyl (C=O) groups is 2. The van der Waals surface area contributed by atoms with Gasteiger partial charge in [-0.15, -0.1) is 0 Å². The van der Waals surface area contributed by atoms with Gasteiger partial charge in [0, 0.05) is 19.0 Å². The zero-order valence-electron chi connectivity index (χ0n) is 10.6. The topological polar surface area (TPSA) is 46.6 Å². The second-order valence-electron chi connectivity index (χ2n) is 5.36. The number of amides is 1. The molecule has 0 aromatic rings. The van der Waals surface area contributed by atoms with Crippen molar-refractivity contribution in [3.05, 3.63) is 0 Å². The zero-order chi connectivity index (χ0) is 12.3. The molecule has 0 heterocycles. The number of ketones is 1. The molecule has 0 atom stereocenters. The Balaban J connectivity index is 2.49. The van der Waals surface area contributed by atoms with Gasteiger partial charge in [-0.25, -0.2) is 4.79 Å². The van der Waals surface area contributed by atoms with Gasteiger partial charge >= 0.3 is 6.09 Å². The first-order valence-corrected chi connectivity index (χ1v) is 5.78. The fourth-order valence-corrected chi connectivity index (χ4v) is 1.41.